The largest absolute Gasteiger partial charge is 0.497 e. The zero-order chi connectivity index (χ0) is 14.8. The molecule has 4 heteroatoms. The molecule has 0 aliphatic heterocycles. The Labute approximate surface area is 124 Å². The van der Waals surface area contributed by atoms with Crippen molar-refractivity contribution in [3.8, 4) is 11.4 Å². The number of hydrogen-bond acceptors (Lipinski definition) is 3. The maximum absolute atomic E-state index is 6.15. The molecule has 0 radical (unpaired) electrons. The average Bonchev–Trinajstić information content (AvgIpc) is 2.83. The van der Waals surface area contributed by atoms with E-state index in [4.69, 9.17) is 10.5 Å². The van der Waals surface area contributed by atoms with Crippen LogP contribution in [0, 0.1) is 0 Å². The minimum Gasteiger partial charge on any atom is -0.497 e. The molecule has 0 saturated heterocycles. The van der Waals surface area contributed by atoms with Gasteiger partial charge in [-0.05, 0) is 30.2 Å². The summed E-state index contributed by atoms with van der Waals surface area (Å²) in [5.41, 5.74) is 10.4. The van der Waals surface area contributed by atoms with Gasteiger partial charge < -0.3 is 10.5 Å². The zero-order valence-electron chi connectivity index (χ0n) is 12.3. The van der Waals surface area contributed by atoms with E-state index in [9.17, 15) is 0 Å². The molecule has 4 nitrogen and oxygen atoms in total. The molecule has 108 valence electrons. The van der Waals surface area contributed by atoms with Gasteiger partial charge in [-0.15, -0.1) is 0 Å². The number of imidazole rings is 1. The highest BCUT2D eigenvalue weighted by atomic mass is 16.5. The molecule has 3 aromatic rings. The molecule has 1 aromatic heterocycles. The summed E-state index contributed by atoms with van der Waals surface area (Å²) >= 11 is 0. The summed E-state index contributed by atoms with van der Waals surface area (Å²) in [6.45, 7) is 2.18. The second-order valence-electron chi connectivity index (χ2n) is 5.04. The summed E-state index contributed by atoms with van der Waals surface area (Å²) in [6.07, 6.45) is 2.11. The van der Waals surface area contributed by atoms with Gasteiger partial charge in [0.15, 0.2) is 0 Å². The van der Waals surface area contributed by atoms with Crippen molar-refractivity contribution in [2.75, 3.05) is 12.8 Å². The van der Waals surface area contributed by atoms with Crippen LogP contribution in [-0.4, -0.2) is 16.7 Å². The first-order valence-electron chi connectivity index (χ1n) is 7.15. The summed E-state index contributed by atoms with van der Waals surface area (Å²) in [5.74, 6) is 1.29. The van der Waals surface area contributed by atoms with Crippen molar-refractivity contribution in [3.63, 3.8) is 0 Å². The molecular formula is C17H19N3O. The Balaban J connectivity index is 2.23. The van der Waals surface area contributed by atoms with Crippen LogP contribution in [0.3, 0.4) is 0 Å². The van der Waals surface area contributed by atoms with Gasteiger partial charge in [-0.1, -0.05) is 31.5 Å². The quantitative estimate of drug-likeness (QED) is 0.795. The number of aryl methyl sites for hydroxylation is 1. The molecule has 0 aliphatic carbocycles. The number of aromatic nitrogens is 2. The van der Waals surface area contributed by atoms with Crippen LogP contribution in [0.4, 0.5) is 5.95 Å². The van der Waals surface area contributed by atoms with Gasteiger partial charge in [-0.25, -0.2) is 4.98 Å². The summed E-state index contributed by atoms with van der Waals surface area (Å²) < 4.78 is 7.26. The molecule has 3 rings (SSSR count). The predicted octanol–water partition coefficient (Wildman–Crippen LogP) is 3.57. The van der Waals surface area contributed by atoms with E-state index in [2.05, 4.69) is 30.1 Å². The summed E-state index contributed by atoms with van der Waals surface area (Å²) in [7, 11) is 1.65. The lowest BCUT2D eigenvalue weighted by molar-refractivity contribution is 0.415. The molecule has 0 saturated carbocycles. The van der Waals surface area contributed by atoms with Gasteiger partial charge in [-0.2, -0.15) is 0 Å². The molecular weight excluding hydrogens is 262 g/mol. The minimum absolute atomic E-state index is 0.502. The van der Waals surface area contributed by atoms with E-state index in [1.54, 1.807) is 7.11 Å². The third-order valence-corrected chi connectivity index (χ3v) is 3.64. The van der Waals surface area contributed by atoms with E-state index in [1.165, 1.54) is 5.56 Å². The number of rotatable bonds is 4. The zero-order valence-corrected chi connectivity index (χ0v) is 12.3. The monoisotopic (exact) mass is 281 g/mol. The Bertz CT molecular complexity index is 777. The van der Waals surface area contributed by atoms with Crippen molar-refractivity contribution in [1.82, 2.24) is 9.55 Å². The van der Waals surface area contributed by atoms with Crippen molar-refractivity contribution >= 4 is 17.0 Å². The Morgan fingerprint density at radius 1 is 1.19 bits per heavy atom. The first-order chi connectivity index (χ1) is 10.2. The van der Waals surface area contributed by atoms with E-state index >= 15 is 0 Å². The fourth-order valence-corrected chi connectivity index (χ4v) is 2.67. The van der Waals surface area contributed by atoms with E-state index in [0.717, 1.165) is 35.3 Å². The van der Waals surface area contributed by atoms with Gasteiger partial charge in [0, 0.05) is 6.07 Å². The number of benzene rings is 2. The minimum atomic E-state index is 0.502. The number of hydrogen-bond donors (Lipinski definition) is 1. The fraction of sp³-hybridized carbons (Fsp3) is 0.235. The topological polar surface area (TPSA) is 53.1 Å². The number of ether oxygens (including phenoxy) is 1. The van der Waals surface area contributed by atoms with Crippen LogP contribution in [0.25, 0.3) is 16.7 Å². The molecule has 0 unspecified atom stereocenters. The summed E-state index contributed by atoms with van der Waals surface area (Å²) in [5, 5.41) is 0. The first-order valence-corrected chi connectivity index (χ1v) is 7.15. The van der Waals surface area contributed by atoms with E-state index in [1.807, 2.05) is 28.8 Å². The van der Waals surface area contributed by atoms with Gasteiger partial charge in [0.05, 0.1) is 23.8 Å². The van der Waals surface area contributed by atoms with E-state index in [0.29, 0.717) is 5.95 Å². The van der Waals surface area contributed by atoms with Gasteiger partial charge in [0.2, 0.25) is 5.95 Å². The van der Waals surface area contributed by atoms with Crippen LogP contribution in [-0.2, 0) is 6.42 Å². The van der Waals surface area contributed by atoms with E-state index in [-0.39, 0.29) is 0 Å². The molecule has 2 aromatic carbocycles. The SMILES string of the molecule is CCCc1ccccc1-n1c(N)nc2cc(OC)ccc21. The lowest BCUT2D eigenvalue weighted by atomic mass is 10.1. The van der Waals surface area contributed by atoms with E-state index < -0.39 is 0 Å². The van der Waals surface area contributed by atoms with Crippen molar-refractivity contribution < 1.29 is 4.74 Å². The van der Waals surface area contributed by atoms with Crippen LogP contribution >= 0.6 is 0 Å². The second kappa shape index (κ2) is 5.48. The standard InChI is InChI=1S/C17H19N3O/c1-3-6-12-7-4-5-8-15(12)20-16-10-9-13(21-2)11-14(16)19-17(20)18/h4-5,7-11H,3,6H2,1-2H3,(H2,18,19). The lowest BCUT2D eigenvalue weighted by Gasteiger charge is -2.12. The van der Waals surface area contributed by atoms with Crippen molar-refractivity contribution in [3.05, 3.63) is 48.0 Å². The van der Waals surface area contributed by atoms with Crippen LogP contribution < -0.4 is 10.5 Å². The van der Waals surface area contributed by atoms with Crippen LogP contribution in [0.2, 0.25) is 0 Å². The number of nitrogens with zero attached hydrogens (tertiary/aromatic N) is 2. The molecule has 0 amide bonds. The first kappa shape index (κ1) is 13.5. The summed E-state index contributed by atoms with van der Waals surface area (Å²) in [6, 6.07) is 14.2. The second-order valence-corrected chi connectivity index (χ2v) is 5.04. The third kappa shape index (κ3) is 2.33. The normalized spacial score (nSPS) is 11.0. The molecule has 21 heavy (non-hydrogen) atoms. The Hall–Kier alpha value is -2.49. The van der Waals surface area contributed by atoms with Gasteiger partial charge in [0.1, 0.15) is 5.75 Å². The summed E-state index contributed by atoms with van der Waals surface area (Å²) in [4.78, 5) is 4.46. The Kier molecular flexibility index (Phi) is 3.52. The van der Waals surface area contributed by atoms with Crippen molar-refractivity contribution in [1.29, 1.82) is 0 Å². The number of methoxy groups -OCH3 is 1. The number of nitrogen functional groups attached to an aromatic ring is 1. The molecule has 0 aliphatic rings. The number of fused-ring (bicyclic) bond motifs is 1. The van der Waals surface area contributed by atoms with Crippen molar-refractivity contribution in [2.24, 2.45) is 0 Å². The smallest absolute Gasteiger partial charge is 0.205 e. The molecule has 2 N–H and O–H groups in total. The Morgan fingerprint density at radius 2 is 2.00 bits per heavy atom. The highest BCUT2D eigenvalue weighted by Crippen LogP contribution is 2.28. The van der Waals surface area contributed by atoms with Crippen molar-refractivity contribution in [2.45, 2.75) is 19.8 Å². The lowest BCUT2D eigenvalue weighted by Crippen LogP contribution is -2.04. The molecule has 0 fully saturated rings. The highest BCUT2D eigenvalue weighted by Gasteiger charge is 2.13. The van der Waals surface area contributed by atoms with Gasteiger partial charge >= 0.3 is 0 Å². The molecule has 0 bridgehead atoms. The number of anilines is 1. The van der Waals surface area contributed by atoms with Gasteiger partial charge in [0.25, 0.3) is 0 Å². The Morgan fingerprint density at radius 3 is 2.76 bits per heavy atom. The fourth-order valence-electron chi connectivity index (χ4n) is 2.67. The average molecular weight is 281 g/mol. The van der Waals surface area contributed by atoms with Crippen LogP contribution in [0.5, 0.6) is 5.75 Å². The number of nitrogens with two attached hydrogens (primary N) is 1. The molecule has 1 heterocycles. The predicted molar refractivity (Wildman–Crippen MR) is 86.0 cm³/mol. The maximum atomic E-state index is 6.15. The van der Waals surface area contributed by atoms with Crippen LogP contribution in [0.1, 0.15) is 18.9 Å². The number of para-hydroxylation sites is 1. The highest BCUT2D eigenvalue weighted by molar-refractivity contribution is 5.82. The third-order valence-electron chi connectivity index (χ3n) is 3.64. The molecule has 0 spiro atoms. The van der Waals surface area contributed by atoms with Crippen LogP contribution in [0.15, 0.2) is 42.5 Å². The maximum Gasteiger partial charge on any atom is 0.205 e. The van der Waals surface area contributed by atoms with Gasteiger partial charge in [-0.3, -0.25) is 4.57 Å². The molecule has 0 atom stereocenters.